The number of carbonyl (C=O) groups excluding carboxylic acids is 1. The molecule has 0 saturated heterocycles. The number of fused-ring (bicyclic) bond motifs is 1. The number of aromatic nitrogens is 3. The summed E-state index contributed by atoms with van der Waals surface area (Å²) < 4.78 is 6.58. The Labute approximate surface area is 173 Å². The molecule has 7 heteroatoms. The van der Waals surface area contributed by atoms with Gasteiger partial charge >= 0.3 is 0 Å². The van der Waals surface area contributed by atoms with E-state index in [1.807, 2.05) is 30.3 Å². The van der Waals surface area contributed by atoms with E-state index in [1.165, 1.54) is 4.68 Å². The molecule has 0 saturated carbocycles. The molecular formula is C23H20N4O3. The Morgan fingerprint density at radius 3 is 2.67 bits per heavy atom. The molecule has 0 atom stereocenters. The minimum Gasteiger partial charge on any atom is -0.497 e. The molecule has 1 amide bonds. The standard InChI is InChI=1S/C23H20N4O3/c1-30-18-8-4-7-17(12-18)22(28)25-14-21-19-9-2-3-10-20(19)23(29)27(26-21)15-16-6-5-11-24-13-16/h2-13H,14-15H2,1H3,(H,25,28). The lowest BCUT2D eigenvalue weighted by Gasteiger charge is -2.12. The van der Waals surface area contributed by atoms with Gasteiger partial charge in [-0.15, -0.1) is 0 Å². The summed E-state index contributed by atoms with van der Waals surface area (Å²) in [7, 11) is 1.55. The van der Waals surface area contributed by atoms with Crippen LogP contribution >= 0.6 is 0 Å². The van der Waals surface area contributed by atoms with Crippen molar-refractivity contribution < 1.29 is 9.53 Å². The van der Waals surface area contributed by atoms with Gasteiger partial charge in [0.1, 0.15) is 5.75 Å². The zero-order valence-corrected chi connectivity index (χ0v) is 16.4. The third-order valence-electron chi connectivity index (χ3n) is 4.75. The molecule has 0 aliphatic rings. The minimum absolute atomic E-state index is 0.183. The van der Waals surface area contributed by atoms with Gasteiger partial charge in [0.2, 0.25) is 0 Å². The van der Waals surface area contributed by atoms with Crippen molar-refractivity contribution in [3.05, 3.63) is 100 Å². The predicted molar refractivity (Wildman–Crippen MR) is 114 cm³/mol. The van der Waals surface area contributed by atoms with Gasteiger partial charge in [-0.1, -0.05) is 30.3 Å². The van der Waals surface area contributed by atoms with Crippen LogP contribution in [0.15, 0.2) is 77.9 Å². The molecule has 30 heavy (non-hydrogen) atoms. The second-order valence-electron chi connectivity index (χ2n) is 6.73. The highest BCUT2D eigenvalue weighted by Gasteiger charge is 2.13. The Bertz CT molecular complexity index is 1250. The number of nitrogens with zero attached hydrogens (tertiary/aromatic N) is 3. The Morgan fingerprint density at radius 1 is 1.07 bits per heavy atom. The third-order valence-corrected chi connectivity index (χ3v) is 4.75. The molecule has 1 N–H and O–H groups in total. The Hall–Kier alpha value is -4.00. The number of rotatable bonds is 6. The van der Waals surface area contributed by atoms with Gasteiger partial charge in [-0.2, -0.15) is 5.10 Å². The van der Waals surface area contributed by atoms with Crippen LogP contribution in [0.4, 0.5) is 0 Å². The highest BCUT2D eigenvalue weighted by atomic mass is 16.5. The van der Waals surface area contributed by atoms with E-state index in [4.69, 9.17) is 4.74 Å². The molecule has 4 aromatic rings. The fraction of sp³-hybridized carbons (Fsp3) is 0.130. The molecule has 2 aromatic carbocycles. The molecule has 2 aromatic heterocycles. The first-order chi connectivity index (χ1) is 14.7. The first-order valence-electron chi connectivity index (χ1n) is 9.45. The summed E-state index contributed by atoms with van der Waals surface area (Å²) in [4.78, 5) is 29.6. The van der Waals surface area contributed by atoms with E-state index in [0.717, 1.165) is 10.9 Å². The van der Waals surface area contributed by atoms with Crippen molar-refractivity contribution in [2.75, 3.05) is 7.11 Å². The van der Waals surface area contributed by atoms with Gasteiger partial charge in [-0.3, -0.25) is 14.6 Å². The van der Waals surface area contributed by atoms with E-state index in [-0.39, 0.29) is 18.0 Å². The van der Waals surface area contributed by atoms with Crippen molar-refractivity contribution >= 4 is 16.7 Å². The number of ether oxygens (including phenoxy) is 1. The molecule has 0 bridgehead atoms. The second-order valence-corrected chi connectivity index (χ2v) is 6.73. The maximum atomic E-state index is 12.9. The highest BCUT2D eigenvalue weighted by molar-refractivity contribution is 5.94. The summed E-state index contributed by atoms with van der Waals surface area (Å²) >= 11 is 0. The third kappa shape index (κ3) is 4.05. The average molecular weight is 400 g/mol. The summed E-state index contributed by atoms with van der Waals surface area (Å²) in [5.41, 5.74) is 1.79. The van der Waals surface area contributed by atoms with E-state index in [0.29, 0.717) is 28.9 Å². The van der Waals surface area contributed by atoms with E-state index in [2.05, 4.69) is 15.4 Å². The number of nitrogens with one attached hydrogen (secondary N) is 1. The topological polar surface area (TPSA) is 86.1 Å². The molecule has 2 heterocycles. The lowest BCUT2D eigenvalue weighted by atomic mass is 10.1. The zero-order valence-electron chi connectivity index (χ0n) is 16.4. The van der Waals surface area contributed by atoms with E-state index < -0.39 is 0 Å². The first-order valence-corrected chi connectivity index (χ1v) is 9.45. The lowest BCUT2D eigenvalue weighted by molar-refractivity contribution is 0.0950. The van der Waals surface area contributed by atoms with Crippen LogP contribution in [-0.4, -0.2) is 27.8 Å². The average Bonchev–Trinajstić information content (AvgIpc) is 2.80. The van der Waals surface area contributed by atoms with Crippen LogP contribution < -0.4 is 15.6 Å². The van der Waals surface area contributed by atoms with Crippen LogP contribution in [-0.2, 0) is 13.1 Å². The van der Waals surface area contributed by atoms with Crippen molar-refractivity contribution in [1.82, 2.24) is 20.1 Å². The van der Waals surface area contributed by atoms with Gasteiger partial charge in [-0.25, -0.2) is 4.68 Å². The molecule has 0 aliphatic carbocycles. The minimum atomic E-state index is -0.246. The Kier molecular flexibility index (Phi) is 5.52. The van der Waals surface area contributed by atoms with Crippen molar-refractivity contribution in [3.63, 3.8) is 0 Å². The monoisotopic (exact) mass is 400 g/mol. The normalized spacial score (nSPS) is 10.7. The fourth-order valence-electron chi connectivity index (χ4n) is 3.24. The lowest BCUT2D eigenvalue weighted by Crippen LogP contribution is -2.29. The quantitative estimate of drug-likeness (QED) is 0.538. The summed E-state index contributed by atoms with van der Waals surface area (Å²) in [6.45, 7) is 0.484. The fourth-order valence-corrected chi connectivity index (χ4v) is 3.24. The smallest absolute Gasteiger partial charge is 0.274 e. The molecule has 0 aliphatic heterocycles. The number of carbonyl (C=O) groups is 1. The number of hydrogen-bond acceptors (Lipinski definition) is 5. The van der Waals surface area contributed by atoms with Gasteiger partial charge in [0.25, 0.3) is 11.5 Å². The molecule has 0 fully saturated rings. The van der Waals surface area contributed by atoms with Crippen LogP contribution in [0, 0.1) is 0 Å². The summed E-state index contributed by atoms with van der Waals surface area (Å²) in [6, 6.07) is 17.9. The maximum absolute atomic E-state index is 12.9. The van der Waals surface area contributed by atoms with Crippen LogP contribution in [0.1, 0.15) is 21.6 Å². The van der Waals surface area contributed by atoms with Crippen LogP contribution in [0.25, 0.3) is 10.8 Å². The molecule has 150 valence electrons. The van der Waals surface area contributed by atoms with Gasteiger partial charge in [0, 0.05) is 23.3 Å². The SMILES string of the molecule is COc1cccc(C(=O)NCc2nn(Cc3cccnc3)c(=O)c3ccccc23)c1. The first kappa shape index (κ1) is 19.3. The molecule has 0 spiro atoms. The molecule has 7 nitrogen and oxygen atoms in total. The summed E-state index contributed by atoms with van der Waals surface area (Å²) in [5.74, 6) is 0.362. The van der Waals surface area contributed by atoms with E-state index in [9.17, 15) is 9.59 Å². The predicted octanol–water partition coefficient (Wildman–Crippen LogP) is 2.78. The van der Waals surface area contributed by atoms with E-state index in [1.54, 1.807) is 49.8 Å². The van der Waals surface area contributed by atoms with Crippen LogP contribution in [0.5, 0.6) is 5.75 Å². The van der Waals surface area contributed by atoms with Gasteiger partial charge in [0.05, 0.1) is 31.3 Å². The highest BCUT2D eigenvalue weighted by Crippen LogP contribution is 2.15. The summed E-state index contributed by atoms with van der Waals surface area (Å²) in [5, 5.41) is 8.69. The van der Waals surface area contributed by atoms with Gasteiger partial charge in [-0.05, 0) is 35.9 Å². The van der Waals surface area contributed by atoms with Gasteiger partial charge in [0.15, 0.2) is 0 Å². The largest absolute Gasteiger partial charge is 0.497 e. The van der Waals surface area contributed by atoms with Crippen LogP contribution in [0.2, 0.25) is 0 Å². The van der Waals surface area contributed by atoms with Crippen molar-refractivity contribution in [1.29, 1.82) is 0 Å². The van der Waals surface area contributed by atoms with E-state index >= 15 is 0 Å². The van der Waals surface area contributed by atoms with Crippen LogP contribution in [0.3, 0.4) is 0 Å². The molecule has 0 unspecified atom stereocenters. The number of amides is 1. The van der Waals surface area contributed by atoms with Crippen molar-refractivity contribution in [2.45, 2.75) is 13.1 Å². The Morgan fingerprint density at radius 2 is 1.90 bits per heavy atom. The number of pyridine rings is 1. The second kappa shape index (κ2) is 8.57. The zero-order chi connectivity index (χ0) is 20.9. The maximum Gasteiger partial charge on any atom is 0.274 e. The number of benzene rings is 2. The molecule has 0 radical (unpaired) electrons. The number of methoxy groups -OCH3 is 1. The summed E-state index contributed by atoms with van der Waals surface area (Å²) in [6.07, 6.45) is 3.38. The number of hydrogen-bond donors (Lipinski definition) is 1. The molecule has 4 rings (SSSR count). The molecular weight excluding hydrogens is 380 g/mol. The van der Waals surface area contributed by atoms with Gasteiger partial charge < -0.3 is 10.1 Å². The Balaban J connectivity index is 1.65. The van der Waals surface area contributed by atoms with Crippen molar-refractivity contribution in [2.24, 2.45) is 0 Å². The van der Waals surface area contributed by atoms with Crippen molar-refractivity contribution in [3.8, 4) is 5.75 Å².